The molecule has 0 atom stereocenters. The largest absolute Gasteiger partial charge is 0.398 e. The van der Waals surface area contributed by atoms with E-state index in [0.717, 1.165) is 5.56 Å². The van der Waals surface area contributed by atoms with Crippen molar-refractivity contribution in [3.63, 3.8) is 0 Å². The van der Waals surface area contributed by atoms with E-state index in [1.54, 1.807) is 12.1 Å². The average molecular weight is 183 g/mol. The van der Waals surface area contributed by atoms with E-state index in [0.29, 0.717) is 6.42 Å². The molecule has 0 fully saturated rings. The number of hydrogen-bond donors (Lipinski definition) is 1. The standard InChI is InChI=1S/C9H10FNO2/c1-2-6-4-3-5-7(8(6)11)9(12)13-10/h3-5H,2,11H2,1H3. The van der Waals surface area contributed by atoms with Crippen LogP contribution in [0.5, 0.6) is 0 Å². The van der Waals surface area contributed by atoms with Gasteiger partial charge in [0.05, 0.1) is 5.56 Å². The summed E-state index contributed by atoms with van der Waals surface area (Å²) >= 11 is 0. The van der Waals surface area contributed by atoms with Crippen molar-refractivity contribution in [1.82, 2.24) is 0 Å². The number of anilines is 1. The van der Waals surface area contributed by atoms with E-state index in [1.807, 2.05) is 6.92 Å². The lowest BCUT2D eigenvalue weighted by molar-refractivity contribution is -0.0787. The first-order valence-corrected chi connectivity index (χ1v) is 3.91. The Morgan fingerprint density at radius 1 is 1.62 bits per heavy atom. The molecule has 2 N–H and O–H groups in total. The summed E-state index contributed by atoms with van der Waals surface area (Å²) in [6, 6.07) is 4.85. The van der Waals surface area contributed by atoms with Crippen molar-refractivity contribution in [2.24, 2.45) is 0 Å². The predicted molar refractivity (Wildman–Crippen MR) is 46.8 cm³/mol. The summed E-state index contributed by atoms with van der Waals surface area (Å²) < 4.78 is 11.6. The number of hydrogen-bond acceptors (Lipinski definition) is 3. The van der Waals surface area contributed by atoms with Gasteiger partial charge in [0.15, 0.2) is 0 Å². The van der Waals surface area contributed by atoms with Crippen molar-refractivity contribution in [3.05, 3.63) is 29.3 Å². The zero-order chi connectivity index (χ0) is 9.84. The number of aryl methyl sites for hydroxylation is 1. The van der Waals surface area contributed by atoms with Crippen molar-refractivity contribution in [3.8, 4) is 0 Å². The summed E-state index contributed by atoms with van der Waals surface area (Å²) in [5.41, 5.74) is 6.77. The third kappa shape index (κ3) is 1.77. The molecule has 70 valence electrons. The maximum atomic E-state index is 11.6. The highest BCUT2D eigenvalue weighted by Gasteiger charge is 2.13. The monoisotopic (exact) mass is 183 g/mol. The number of benzene rings is 1. The van der Waals surface area contributed by atoms with E-state index in [9.17, 15) is 9.32 Å². The smallest absolute Gasteiger partial charge is 0.381 e. The highest BCUT2D eigenvalue weighted by Crippen LogP contribution is 2.18. The Bertz CT molecular complexity index is 325. The Hall–Kier alpha value is -1.58. The Balaban J connectivity index is 3.15. The number of carbonyl (C=O) groups is 1. The van der Waals surface area contributed by atoms with Crippen LogP contribution in [0.25, 0.3) is 0 Å². The van der Waals surface area contributed by atoms with Crippen LogP contribution in [0.4, 0.5) is 10.2 Å². The molecule has 1 aromatic carbocycles. The van der Waals surface area contributed by atoms with Gasteiger partial charge in [-0.1, -0.05) is 19.1 Å². The van der Waals surface area contributed by atoms with Crippen LogP contribution in [-0.2, 0) is 11.4 Å². The second-order valence-electron chi connectivity index (χ2n) is 2.60. The number of halogens is 1. The molecule has 13 heavy (non-hydrogen) atoms. The summed E-state index contributed by atoms with van der Waals surface area (Å²) in [6.45, 7) is 1.90. The van der Waals surface area contributed by atoms with Crippen LogP contribution >= 0.6 is 0 Å². The van der Waals surface area contributed by atoms with Gasteiger partial charge in [-0.05, 0) is 18.1 Å². The quantitative estimate of drug-likeness (QED) is 0.712. The Morgan fingerprint density at radius 3 is 2.85 bits per heavy atom. The maximum Gasteiger partial charge on any atom is 0.381 e. The molecule has 0 aromatic heterocycles. The molecule has 0 unspecified atom stereocenters. The van der Waals surface area contributed by atoms with Gasteiger partial charge >= 0.3 is 5.97 Å². The summed E-state index contributed by atoms with van der Waals surface area (Å²) in [5, 5.41) is 0. The van der Waals surface area contributed by atoms with Gasteiger partial charge in [-0.2, -0.15) is 0 Å². The summed E-state index contributed by atoms with van der Waals surface area (Å²) in [7, 11) is 0. The van der Waals surface area contributed by atoms with E-state index < -0.39 is 5.97 Å². The van der Waals surface area contributed by atoms with Gasteiger partial charge in [0.25, 0.3) is 0 Å². The molecule has 0 saturated carbocycles. The molecular formula is C9H10FNO2. The van der Waals surface area contributed by atoms with Crippen molar-refractivity contribution in [2.45, 2.75) is 13.3 Å². The molecule has 0 saturated heterocycles. The highest BCUT2D eigenvalue weighted by atomic mass is 19.3. The minimum absolute atomic E-state index is 0.0712. The molecule has 4 heteroatoms. The minimum atomic E-state index is -1.05. The molecule has 0 aliphatic carbocycles. The van der Waals surface area contributed by atoms with Gasteiger partial charge in [-0.15, -0.1) is 0 Å². The van der Waals surface area contributed by atoms with E-state index >= 15 is 0 Å². The molecule has 0 amide bonds. The van der Waals surface area contributed by atoms with Crippen LogP contribution < -0.4 is 5.73 Å². The number of rotatable bonds is 2. The van der Waals surface area contributed by atoms with E-state index in [2.05, 4.69) is 4.94 Å². The highest BCUT2D eigenvalue weighted by molar-refractivity contribution is 5.95. The molecule has 3 nitrogen and oxygen atoms in total. The minimum Gasteiger partial charge on any atom is -0.398 e. The van der Waals surface area contributed by atoms with Crippen LogP contribution in [0.3, 0.4) is 0 Å². The van der Waals surface area contributed by atoms with Crippen LogP contribution in [0, 0.1) is 0 Å². The first-order valence-electron chi connectivity index (χ1n) is 3.91. The topological polar surface area (TPSA) is 52.3 Å². The molecule has 0 spiro atoms. The van der Waals surface area contributed by atoms with Gasteiger partial charge in [-0.3, -0.25) is 0 Å². The molecule has 0 heterocycles. The summed E-state index contributed by atoms with van der Waals surface area (Å²) in [6.07, 6.45) is 0.694. The second kappa shape index (κ2) is 3.89. The number of carbonyl (C=O) groups excluding carboxylic acids is 1. The van der Waals surface area contributed by atoms with Crippen molar-refractivity contribution in [1.29, 1.82) is 0 Å². The lowest BCUT2D eigenvalue weighted by atomic mass is 10.1. The fraction of sp³-hybridized carbons (Fsp3) is 0.222. The SMILES string of the molecule is CCc1cccc(C(=O)OF)c1N. The average Bonchev–Trinajstić information content (AvgIpc) is 2.17. The summed E-state index contributed by atoms with van der Waals surface area (Å²) in [4.78, 5) is 13.9. The number of nitrogens with two attached hydrogens (primary N) is 1. The van der Waals surface area contributed by atoms with Crippen LogP contribution in [-0.4, -0.2) is 5.97 Å². The lowest BCUT2D eigenvalue weighted by Gasteiger charge is -2.05. The molecule has 1 rings (SSSR count). The molecule has 0 aliphatic heterocycles. The normalized spacial score (nSPS) is 9.69. The van der Waals surface area contributed by atoms with Crippen molar-refractivity contribution >= 4 is 11.7 Å². The lowest BCUT2D eigenvalue weighted by Crippen LogP contribution is -2.06. The van der Waals surface area contributed by atoms with Gasteiger partial charge in [0, 0.05) is 10.2 Å². The number of para-hydroxylation sites is 1. The molecule has 1 aromatic rings. The van der Waals surface area contributed by atoms with Gasteiger partial charge < -0.3 is 5.73 Å². The van der Waals surface area contributed by atoms with Crippen LogP contribution in [0.1, 0.15) is 22.8 Å². The van der Waals surface area contributed by atoms with Crippen LogP contribution in [0.2, 0.25) is 0 Å². The molecular weight excluding hydrogens is 173 g/mol. The zero-order valence-corrected chi connectivity index (χ0v) is 7.21. The summed E-state index contributed by atoms with van der Waals surface area (Å²) in [5.74, 6) is -1.05. The second-order valence-corrected chi connectivity index (χ2v) is 2.60. The van der Waals surface area contributed by atoms with Crippen molar-refractivity contribution < 1.29 is 14.3 Å². The molecule has 0 aliphatic rings. The Labute approximate surface area is 75.2 Å². The van der Waals surface area contributed by atoms with Crippen LogP contribution in [0.15, 0.2) is 18.2 Å². The first kappa shape index (κ1) is 9.51. The van der Waals surface area contributed by atoms with E-state index in [1.165, 1.54) is 6.07 Å². The first-order chi connectivity index (χ1) is 6.20. The number of nitrogen functional groups attached to an aromatic ring is 1. The molecule has 0 bridgehead atoms. The predicted octanol–water partition coefficient (Wildman–Crippen LogP) is 1.87. The van der Waals surface area contributed by atoms with Gasteiger partial charge in [0.1, 0.15) is 0 Å². The third-order valence-electron chi connectivity index (χ3n) is 1.87. The Morgan fingerprint density at radius 2 is 2.31 bits per heavy atom. The molecule has 0 radical (unpaired) electrons. The fourth-order valence-corrected chi connectivity index (χ4v) is 1.14. The van der Waals surface area contributed by atoms with Gasteiger partial charge in [0.2, 0.25) is 0 Å². The third-order valence-corrected chi connectivity index (χ3v) is 1.87. The fourth-order valence-electron chi connectivity index (χ4n) is 1.14. The van der Waals surface area contributed by atoms with Crippen molar-refractivity contribution in [2.75, 3.05) is 5.73 Å². The maximum absolute atomic E-state index is 11.6. The zero-order valence-electron chi connectivity index (χ0n) is 7.21. The van der Waals surface area contributed by atoms with E-state index in [4.69, 9.17) is 5.73 Å². The van der Waals surface area contributed by atoms with E-state index in [-0.39, 0.29) is 11.3 Å². The Kier molecular flexibility index (Phi) is 2.84. The van der Waals surface area contributed by atoms with Gasteiger partial charge in [-0.25, -0.2) is 9.74 Å².